The van der Waals surface area contributed by atoms with Gasteiger partial charge < -0.3 is 4.90 Å². The van der Waals surface area contributed by atoms with Gasteiger partial charge in [-0.25, -0.2) is 4.98 Å². The summed E-state index contributed by atoms with van der Waals surface area (Å²) in [4.78, 5) is 9.38. The highest BCUT2D eigenvalue weighted by atomic mass is 32.1. The maximum Gasteiger partial charge on any atom is 0.0795 e. The molecule has 19 heavy (non-hydrogen) atoms. The van der Waals surface area contributed by atoms with Crippen LogP contribution in [0, 0.1) is 0 Å². The van der Waals surface area contributed by atoms with E-state index in [0.717, 1.165) is 26.2 Å². The Hall–Kier alpha value is -1.23. The monoisotopic (exact) mass is 273 g/mol. The highest BCUT2D eigenvalue weighted by Gasteiger charge is 2.26. The molecule has 3 rings (SSSR count). The van der Waals surface area contributed by atoms with Crippen molar-refractivity contribution in [3.05, 3.63) is 52.5 Å². The van der Waals surface area contributed by atoms with Crippen molar-refractivity contribution in [2.24, 2.45) is 0 Å². The lowest BCUT2D eigenvalue weighted by Gasteiger charge is -2.40. The van der Waals surface area contributed by atoms with Gasteiger partial charge in [0.1, 0.15) is 0 Å². The molecule has 100 valence electrons. The minimum absolute atomic E-state index is 0.474. The topological polar surface area (TPSA) is 19.4 Å². The van der Waals surface area contributed by atoms with Gasteiger partial charge in [-0.15, -0.1) is 11.3 Å². The van der Waals surface area contributed by atoms with Crippen molar-refractivity contribution in [2.45, 2.75) is 12.6 Å². The Labute approximate surface area is 118 Å². The molecule has 0 radical (unpaired) electrons. The molecular weight excluding hydrogens is 254 g/mol. The van der Waals surface area contributed by atoms with E-state index in [0.29, 0.717) is 6.04 Å². The van der Waals surface area contributed by atoms with E-state index in [4.69, 9.17) is 0 Å². The highest BCUT2D eigenvalue weighted by Crippen LogP contribution is 2.26. The van der Waals surface area contributed by atoms with E-state index in [1.54, 1.807) is 11.3 Å². The van der Waals surface area contributed by atoms with Gasteiger partial charge in [0.2, 0.25) is 0 Å². The van der Waals surface area contributed by atoms with E-state index in [2.05, 4.69) is 57.5 Å². The Bertz CT molecular complexity index is 497. The fraction of sp³-hybridized carbons (Fsp3) is 0.400. The highest BCUT2D eigenvalue weighted by molar-refractivity contribution is 7.07. The van der Waals surface area contributed by atoms with Crippen LogP contribution in [0.2, 0.25) is 0 Å². The number of aromatic nitrogens is 1. The molecule has 1 saturated heterocycles. The van der Waals surface area contributed by atoms with Gasteiger partial charge in [-0.1, -0.05) is 30.3 Å². The Kier molecular flexibility index (Phi) is 3.92. The van der Waals surface area contributed by atoms with Crippen molar-refractivity contribution in [2.75, 3.05) is 26.7 Å². The molecule has 1 aromatic heterocycles. The summed E-state index contributed by atoms with van der Waals surface area (Å²) in [6.07, 6.45) is 0. The largest absolute Gasteiger partial charge is 0.303 e. The van der Waals surface area contributed by atoms with E-state index in [1.165, 1.54) is 11.3 Å². The van der Waals surface area contributed by atoms with Crippen LogP contribution in [-0.4, -0.2) is 41.5 Å². The molecule has 0 saturated carbocycles. The molecule has 1 aliphatic heterocycles. The molecule has 0 amide bonds. The first-order valence-corrected chi connectivity index (χ1v) is 7.62. The van der Waals surface area contributed by atoms with Gasteiger partial charge in [0.05, 0.1) is 11.2 Å². The Morgan fingerprint density at radius 1 is 1.26 bits per heavy atom. The second-order valence-electron chi connectivity index (χ2n) is 5.14. The number of hydrogen-bond acceptors (Lipinski definition) is 4. The van der Waals surface area contributed by atoms with Gasteiger partial charge in [0.25, 0.3) is 0 Å². The van der Waals surface area contributed by atoms with Crippen LogP contribution in [-0.2, 0) is 6.54 Å². The second kappa shape index (κ2) is 5.82. The normalized spacial score (nSPS) is 21.6. The molecule has 0 bridgehead atoms. The van der Waals surface area contributed by atoms with Crippen LogP contribution in [0.4, 0.5) is 0 Å². The third-order valence-corrected chi connectivity index (χ3v) is 4.36. The molecule has 0 spiro atoms. The van der Waals surface area contributed by atoms with Crippen molar-refractivity contribution >= 4 is 11.3 Å². The summed E-state index contributed by atoms with van der Waals surface area (Å²) in [6, 6.07) is 11.3. The molecule has 3 nitrogen and oxygen atoms in total. The molecule has 0 aliphatic carbocycles. The minimum atomic E-state index is 0.474. The second-order valence-corrected chi connectivity index (χ2v) is 5.86. The number of piperazine rings is 1. The molecule has 1 atom stereocenters. The third-order valence-electron chi connectivity index (χ3n) is 3.73. The number of likely N-dealkylation sites (N-methyl/N-ethyl adjacent to an activating group) is 1. The number of nitrogens with zero attached hydrogens (tertiary/aromatic N) is 3. The molecular formula is C15H19N3S. The van der Waals surface area contributed by atoms with Gasteiger partial charge in [-0.3, -0.25) is 4.90 Å². The van der Waals surface area contributed by atoms with E-state index >= 15 is 0 Å². The van der Waals surface area contributed by atoms with Gasteiger partial charge in [-0.2, -0.15) is 0 Å². The van der Waals surface area contributed by atoms with Crippen LogP contribution in [0.25, 0.3) is 0 Å². The number of thiazole rings is 1. The predicted molar refractivity (Wildman–Crippen MR) is 79.2 cm³/mol. The average molecular weight is 273 g/mol. The maximum atomic E-state index is 4.42. The van der Waals surface area contributed by atoms with Gasteiger partial charge in [0.15, 0.2) is 0 Å². The number of rotatable bonds is 3. The zero-order valence-electron chi connectivity index (χ0n) is 11.2. The van der Waals surface area contributed by atoms with Crippen molar-refractivity contribution in [3.63, 3.8) is 0 Å². The van der Waals surface area contributed by atoms with E-state index < -0.39 is 0 Å². The van der Waals surface area contributed by atoms with E-state index in [1.807, 2.05) is 5.51 Å². The lowest BCUT2D eigenvalue weighted by atomic mass is 10.0. The first kappa shape index (κ1) is 12.8. The summed E-state index contributed by atoms with van der Waals surface area (Å²) in [5.74, 6) is 0. The van der Waals surface area contributed by atoms with Crippen LogP contribution < -0.4 is 0 Å². The zero-order valence-corrected chi connectivity index (χ0v) is 12.0. The van der Waals surface area contributed by atoms with Crippen LogP contribution >= 0.6 is 11.3 Å². The van der Waals surface area contributed by atoms with Crippen LogP contribution in [0.3, 0.4) is 0 Å². The maximum absolute atomic E-state index is 4.42. The van der Waals surface area contributed by atoms with Gasteiger partial charge >= 0.3 is 0 Å². The molecule has 1 aliphatic rings. The van der Waals surface area contributed by atoms with Crippen LogP contribution in [0.5, 0.6) is 0 Å². The molecule has 1 fully saturated rings. The van der Waals surface area contributed by atoms with Crippen molar-refractivity contribution in [1.29, 1.82) is 0 Å². The summed E-state index contributed by atoms with van der Waals surface area (Å²) >= 11 is 1.68. The first-order valence-electron chi connectivity index (χ1n) is 6.67. The fourth-order valence-electron chi connectivity index (χ4n) is 2.66. The van der Waals surface area contributed by atoms with Crippen molar-refractivity contribution in [3.8, 4) is 0 Å². The Balaban J connectivity index is 1.80. The van der Waals surface area contributed by atoms with Gasteiger partial charge in [-0.05, 0) is 12.6 Å². The summed E-state index contributed by atoms with van der Waals surface area (Å²) in [5.41, 5.74) is 4.52. The minimum Gasteiger partial charge on any atom is -0.303 e. The number of hydrogen-bond donors (Lipinski definition) is 0. The zero-order chi connectivity index (χ0) is 13.1. The Morgan fingerprint density at radius 3 is 2.84 bits per heavy atom. The molecule has 1 aromatic carbocycles. The standard InChI is InChI=1S/C15H19N3S/c1-17-7-8-18(9-14-11-19-12-16-14)15(10-17)13-5-3-2-4-6-13/h2-6,11-12,15H,7-10H2,1H3. The average Bonchev–Trinajstić information content (AvgIpc) is 2.95. The van der Waals surface area contributed by atoms with Crippen molar-refractivity contribution < 1.29 is 0 Å². The summed E-state index contributed by atoms with van der Waals surface area (Å²) in [6.45, 7) is 4.28. The molecule has 1 unspecified atom stereocenters. The summed E-state index contributed by atoms with van der Waals surface area (Å²) in [5, 5.41) is 2.15. The van der Waals surface area contributed by atoms with E-state index in [-0.39, 0.29) is 0 Å². The third kappa shape index (κ3) is 3.03. The van der Waals surface area contributed by atoms with Crippen LogP contribution in [0.1, 0.15) is 17.3 Å². The summed E-state index contributed by atoms with van der Waals surface area (Å²) < 4.78 is 0. The molecule has 2 heterocycles. The smallest absolute Gasteiger partial charge is 0.0795 e. The van der Waals surface area contributed by atoms with Gasteiger partial charge in [0, 0.05) is 37.6 Å². The number of benzene rings is 1. The summed E-state index contributed by atoms with van der Waals surface area (Å²) in [7, 11) is 2.20. The lowest BCUT2D eigenvalue weighted by molar-refractivity contribution is 0.0824. The molecule has 2 aromatic rings. The fourth-order valence-corrected chi connectivity index (χ4v) is 3.21. The SMILES string of the molecule is CN1CCN(Cc2cscn2)C(c2ccccc2)C1. The van der Waals surface area contributed by atoms with Crippen molar-refractivity contribution in [1.82, 2.24) is 14.8 Å². The molecule has 0 N–H and O–H groups in total. The molecule has 4 heteroatoms. The van der Waals surface area contributed by atoms with Crippen LogP contribution in [0.15, 0.2) is 41.2 Å². The Morgan fingerprint density at radius 2 is 2.11 bits per heavy atom. The van der Waals surface area contributed by atoms with E-state index in [9.17, 15) is 0 Å². The lowest BCUT2D eigenvalue weighted by Crippen LogP contribution is -2.46. The first-order chi connectivity index (χ1) is 9.33. The predicted octanol–water partition coefficient (Wildman–Crippen LogP) is 2.63. The quantitative estimate of drug-likeness (QED) is 0.857.